The molecule has 0 spiro atoms. The zero-order valence-electron chi connectivity index (χ0n) is 11.2. The molecule has 0 amide bonds. The normalized spacial score (nSPS) is 12.3. The third kappa shape index (κ3) is 12.8. The summed E-state index contributed by atoms with van der Waals surface area (Å²) in [6.07, 6.45) is 6.26. The molecule has 0 rings (SSSR count). The highest BCUT2D eigenvalue weighted by atomic mass is 28.4. The van der Waals surface area contributed by atoms with Crippen molar-refractivity contribution in [2.45, 2.75) is 25.9 Å². The Bertz CT molecular complexity index is 316. The Morgan fingerprint density at radius 2 is 1.32 bits per heavy atom. The Morgan fingerprint density at radius 1 is 0.947 bits per heavy atom. The number of carbonyl (C=O) groups is 2. The van der Waals surface area contributed by atoms with Gasteiger partial charge in [0.2, 0.25) is 0 Å². The lowest BCUT2D eigenvalue weighted by Gasteiger charge is -2.22. The number of rotatable bonds is 10. The van der Waals surface area contributed by atoms with E-state index in [0.717, 1.165) is 12.2 Å². The Kier molecular flexibility index (Phi) is 8.76. The summed E-state index contributed by atoms with van der Waals surface area (Å²) in [5.74, 6) is -1.95. The summed E-state index contributed by atoms with van der Waals surface area (Å²) in [5.41, 5.74) is 0. The largest absolute Gasteiger partial charge is 0.478 e. The summed E-state index contributed by atoms with van der Waals surface area (Å²) >= 11 is 0. The van der Waals surface area contributed by atoms with Gasteiger partial charge < -0.3 is 19.1 Å². The van der Waals surface area contributed by atoms with Crippen molar-refractivity contribution in [1.29, 1.82) is 0 Å². The quantitative estimate of drug-likeness (QED) is 0.361. The molecule has 0 heterocycles. The summed E-state index contributed by atoms with van der Waals surface area (Å²) < 4.78 is 11.1. The Morgan fingerprint density at radius 3 is 1.63 bits per heavy atom. The van der Waals surface area contributed by atoms with Crippen molar-refractivity contribution in [2.24, 2.45) is 0 Å². The summed E-state index contributed by atoms with van der Waals surface area (Å²) in [6, 6.07) is 0. The fraction of sp³-hybridized carbons (Fsp3) is 0.500. The van der Waals surface area contributed by atoms with Crippen LogP contribution in [0.15, 0.2) is 24.3 Å². The topological polar surface area (TPSA) is 93.1 Å². The first kappa shape index (κ1) is 17.6. The van der Waals surface area contributed by atoms with Crippen molar-refractivity contribution in [3.8, 4) is 0 Å². The van der Waals surface area contributed by atoms with Gasteiger partial charge in [0.1, 0.15) is 0 Å². The lowest BCUT2D eigenvalue weighted by molar-refractivity contribution is -0.132. The predicted molar refractivity (Wildman–Crippen MR) is 72.2 cm³/mol. The van der Waals surface area contributed by atoms with Crippen molar-refractivity contribution >= 4 is 20.5 Å². The maximum absolute atomic E-state index is 10.2. The predicted octanol–water partition coefficient (Wildman–Crippen LogP) is 1.78. The summed E-state index contributed by atoms with van der Waals surface area (Å²) in [5, 5.41) is 16.8. The molecule has 0 fully saturated rings. The van der Waals surface area contributed by atoms with E-state index >= 15 is 0 Å². The molecule has 0 aromatic carbocycles. The molecule has 0 atom stereocenters. The molecule has 7 heteroatoms. The van der Waals surface area contributed by atoms with Crippen LogP contribution in [0.3, 0.4) is 0 Å². The van der Waals surface area contributed by atoms with Crippen molar-refractivity contribution in [1.82, 2.24) is 0 Å². The maximum atomic E-state index is 10.2. The molecular formula is C12H20O6Si. The average molecular weight is 288 g/mol. The number of carboxylic acids is 2. The summed E-state index contributed by atoms with van der Waals surface area (Å²) in [6.45, 7) is 4.59. The van der Waals surface area contributed by atoms with Crippen molar-refractivity contribution in [3.05, 3.63) is 24.3 Å². The second kappa shape index (κ2) is 9.48. The summed E-state index contributed by atoms with van der Waals surface area (Å²) in [7, 11) is -2.22. The van der Waals surface area contributed by atoms with Crippen LogP contribution in [0.25, 0.3) is 0 Å². The second-order valence-electron chi connectivity index (χ2n) is 4.16. The van der Waals surface area contributed by atoms with E-state index in [4.69, 9.17) is 19.1 Å². The van der Waals surface area contributed by atoms with Crippen LogP contribution >= 0.6 is 0 Å². The second-order valence-corrected chi connectivity index (χ2v) is 7.53. The molecule has 108 valence electrons. The SMILES string of the molecule is C[Si](C)(OCCC=CC(=O)O)OCCC=CC(=O)O. The summed E-state index contributed by atoms with van der Waals surface area (Å²) in [4.78, 5) is 20.4. The van der Waals surface area contributed by atoms with Gasteiger partial charge in [0.15, 0.2) is 0 Å². The van der Waals surface area contributed by atoms with Gasteiger partial charge in [0, 0.05) is 25.4 Å². The maximum Gasteiger partial charge on any atom is 0.331 e. The van der Waals surface area contributed by atoms with Crippen LogP contribution in [-0.4, -0.2) is 43.9 Å². The monoisotopic (exact) mass is 288 g/mol. The molecule has 0 bridgehead atoms. The zero-order valence-corrected chi connectivity index (χ0v) is 12.2. The van der Waals surface area contributed by atoms with Crippen molar-refractivity contribution in [2.75, 3.05) is 13.2 Å². The first-order valence-corrected chi connectivity index (χ1v) is 8.72. The Hall–Kier alpha value is -1.44. The minimum Gasteiger partial charge on any atom is -0.478 e. The van der Waals surface area contributed by atoms with E-state index in [0.29, 0.717) is 26.1 Å². The van der Waals surface area contributed by atoms with Crippen LogP contribution in [0, 0.1) is 0 Å². The first-order valence-electron chi connectivity index (χ1n) is 5.90. The molecule has 0 aliphatic carbocycles. The van der Waals surface area contributed by atoms with Crippen LogP contribution in [0.4, 0.5) is 0 Å². The number of aliphatic carboxylic acids is 2. The van der Waals surface area contributed by atoms with E-state index in [-0.39, 0.29) is 0 Å². The molecule has 0 aromatic rings. The van der Waals surface area contributed by atoms with Gasteiger partial charge >= 0.3 is 20.5 Å². The van der Waals surface area contributed by atoms with Gasteiger partial charge in [-0.05, 0) is 25.9 Å². The molecule has 0 aromatic heterocycles. The minimum absolute atomic E-state index is 0.411. The number of hydrogen-bond donors (Lipinski definition) is 2. The molecular weight excluding hydrogens is 268 g/mol. The molecule has 2 N–H and O–H groups in total. The van der Waals surface area contributed by atoms with Crippen LogP contribution < -0.4 is 0 Å². The van der Waals surface area contributed by atoms with Gasteiger partial charge in [-0.25, -0.2) is 9.59 Å². The van der Waals surface area contributed by atoms with E-state index in [1.54, 1.807) is 0 Å². The van der Waals surface area contributed by atoms with Gasteiger partial charge in [-0.2, -0.15) is 0 Å². The van der Waals surface area contributed by atoms with Gasteiger partial charge in [0.05, 0.1) is 0 Å². The molecule has 0 saturated heterocycles. The van der Waals surface area contributed by atoms with Crippen LogP contribution in [0.1, 0.15) is 12.8 Å². The Balaban J connectivity index is 3.74. The van der Waals surface area contributed by atoms with Gasteiger partial charge in [-0.15, -0.1) is 0 Å². The van der Waals surface area contributed by atoms with E-state index in [9.17, 15) is 9.59 Å². The van der Waals surface area contributed by atoms with E-state index in [2.05, 4.69) is 0 Å². The van der Waals surface area contributed by atoms with E-state index in [1.165, 1.54) is 12.2 Å². The highest BCUT2D eigenvalue weighted by Gasteiger charge is 2.23. The smallest absolute Gasteiger partial charge is 0.331 e. The highest BCUT2D eigenvalue weighted by Crippen LogP contribution is 2.08. The molecule has 0 aliphatic rings. The molecule has 6 nitrogen and oxygen atoms in total. The van der Waals surface area contributed by atoms with Crippen molar-refractivity contribution in [3.63, 3.8) is 0 Å². The lowest BCUT2D eigenvalue weighted by Crippen LogP contribution is -2.35. The minimum atomic E-state index is -2.22. The number of carboxylic acid groups (broad SMARTS) is 2. The third-order valence-corrected chi connectivity index (χ3v) is 3.79. The van der Waals surface area contributed by atoms with Crippen molar-refractivity contribution < 1.29 is 28.7 Å². The molecule has 0 radical (unpaired) electrons. The fourth-order valence-electron chi connectivity index (χ4n) is 1.16. The van der Waals surface area contributed by atoms with Crippen LogP contribution in [0.2, 0.25) is 13.1 Å². The van der Waals surface area contributed by atoms with Gasteiger partial charge in [-0.3, -0.25) is 0 Å². The number of hydrogen-bond acceptors (Lipinski definition) is 4. The zero-order chi connectivity index (χ0) is 14.7. The molecule has 0 aliphatic heterocycles. The average Bonchev–Trinajstić information content (AvgIpc) is 2.27. The van der Waals surface area contributed by atoms with E-state index < -0.39 is 20.5 Å². The standard InChI is InChI=1S/C12H20O6Si/c1-19(2,17-9-5-3-7-11(13)14)18-10-6-4-8-12(15)16/h3-4,7-8H,5-6,9-10H2,1-2H3,(H,13,14)(H,15,16). The molecule has 19 heavy (non-hydrogen) atoms. The molecule has 0 unspecified atom stereocenters. The van der Waals surface area contributed by atoms with E-state index in [1.807, 2.05) is 13.1 Å². The Labute approximate surface area is 113 Å². The molecule has 0 saturated carbocycles. The van der Waals surface area contributed by atoms with Crippen LogP contribution in [0.5, 0.6) is 0 Å². The highest BCUT2D eigenvalue weighted by molar-refractivity contribution is 6.64. The van der Waals surface area contributed by atoms with Gasteiger partial charge in [-0.1, -0.05) is 12.2 Å². The first-order chi connectivity index (χ1) is 8.83. The fourth-order valence-corrected chi connectivity index (χ4v) is 2.46. The third-order valence-electron chi connectivity index (χ3n) is 1.99. The van der Waals surface area contributed by atoms with Crippen LogP contribution in [-0.2, 0) is 18.4 Å². The lowest BCUT2D eigenvalue weighted by atomic mass is 10.4. The van der Waals surface area contributed by atoms with Gasteiger partial charge in [0.25, 0.3) is 0 Å².